The highest BCUT2D eigenvalue weighted by Gasteiger charge is 2.09. The van der Waals surface area contributed by atoms with Gasteiger partial charge >= 0.3 is 0 Å². The third-order valence-corrected chi connectivity index (χ3v) is 2.97. The summed E-state index contributed by atoms with van der Waals surface area (Å²) in [6.45, 7) is 0. The molecule has 0 radical (unpaired) electrons. The summed E-state index contributed by atoms with van der Waals surface area (Å²) in [6.07, 6.45) is 0. The van der Waals surface area contributed by atoms with E-state index in [1.807, 2.05) is 6.07 Å². The molecule has 0 unspecified atom stereocenters. The monoisotopic (exact) mass is 237 g/mol. The lowest BCUT2D eigenvalue weighted by Crippen LogP contribution is -2.08. The van der Waals surface area contributed by atoms with E-state index in [9.17, 15) is 4.79 Å². The number of aromatic nitrogens is 2. The summed E-state index contributed by atoms with van der Waals surface area (Å²) in [5.74, 6) is 0. The lowest BCUT2D eigenvalue weighted by atomic mass is 10.2. The first-order valence-corrected chi connectivity index (χ1v) is 5.15. The molecule has 0 aromatic carbocycles. The van der Waals surface area contributed by atoms with Crippen LogP contribution in [0.1, 0.15) is 5.56 Å². The topological polar surface area (TPSA) is 69.5 Å². The Morgan fingerprint density at radius 1 is 1.53 bits per heavy atom. The molecular weight excluding hydrogens is 234 g/mol. The van der Waals surface area contributed by atoms with Crippen LogP contribution in [0.2, 0.25) is 4.34 Å². The Hall–Kier alpha value is -1.64. The molecule has 1 N–H and O–H groups in total. The average Bonchev–Trinajstić information content (AvgIpc) is 2.64. The van der Waals surface area contributed by atoms with Crippen LogP contribution in [-0.2, 0) is 0 Å². The fraction of sp³-hybridized carbons (Fsp3) is 0. The Morgan fingerprint density at radius 3 is 2.93 bits per heavy atom. The van der Waals surface area contributed by atoms with Crippen molar-refractivity contribution in [1.29, 1.82) is 5.26 Å². The van der Waals surface area contributed by atoms with E-state index in [0.717, 1.165) is 4.88 Å². The molecule has 0 aliphatic heterocycles. The Balaban J connectivity index is 2.63. The van der Waals surface area contributed by atoms with E-state index in [1.54, 1.807) is 12.1 Å². The molecule has 74 valence electrons. The maximum absolute atomic E-state index is 10.9. The predicted molar refractivity (Wildman–Crippen MR) is 57.9 cm³/mol. The van der Waals surface area contributed by atoms with Crippen molar-refractivity contribution in [2.75, 3.05) is 0 Å². The highest BCUT2D eigenvalue weighted by molar-refractivity contribution is 7.19. The molecule has 0 aliphatic rings. The molecular formula is C9H4ClN3OS. The molecule has 0 bridgehead atoms. The van der Waals surface area contributed by atoms with Crippen LogP contribution in [0.4, 0.5) is 0 Å². The minimum Gasteiger partial charge on any atom is -0.268 e. The van der Waals surface area contributed by atoms with Crippen LogP contribution in [0.25, 0.3) is 10.6 Å². The highest BCUT2D eigenvalue weighted by atomic mass is 35.5. The van der Waals surface area contributed by atoms with E-state index in [1.165, 1.54) is 17.4 Å². The van der Waals surface area contributed by atoms with Gasteiger partial charge in [-0.15, -0.1) is 11.3 Å². The molecule has 2 aromatic heterocycles. The quantitative estimate of drug-likeness (QED) is 0.825. The standard InChI is InChI=1S/C9H4ClN3OS/c10-7-2-1-6(15-7)9-5(4-11)3-8(14)12-13-9/h1-3H,(H,12,14). The van der Waals surface area contributed by atoms with Gasteiger partial charge in [0.2, 0.25) is 0 Å². The van der Waals surface area contributed by atoms with Crippen LogP contribution in [-0.4, -0.2) is 10.2 Å². The van der Waals surface area contributed by atoms with Crippen LogP contribution in [0.5, 0.6) is 0 Å². The largest absolute Gasteiger partial charge is 0.268 e. The summed E-state index contributed by atoms with van der Waals surface area (Å²) in [6, 6.07) is 6.62. The summed E-state index contributed by atoms with van der Waals surface area (Å²) < 4.78 is 0.613. The maximum Gasteiger partial charge on any atom is 0.265 e. The maximum atomic E-state index is 10.9. The van der Waals surface area contributed by atoms with Crippen LogP contribution in [0.3, 0.4) is 0 Å². The zero-order chi connectivity index (χ0) is 10.8. The van der Waals surface area contributed by atoms with Crippen molar-refractivity contribution in [3.8, 4) is 16.6 Å². The van der Waals surface area contributed by atoms with E-state index in [0.29, 0.717) is 10.0 Å². The van der Waals surface area contributed by atoms with E-state index >= 15 is 0 Å². The van der Waals surface area contributed by atoms with Gasteiger partial charge in [-0.1, -0.05) is 11.6 Å². The van der Waals surface area contributed by atoms with Gasteiger partial charge in [-0.25, -0.2) is 5.10 Å². The van der Waals surface area contributed by atoms with E-state index < -0.39 is 5.56 Å². The SMILES string of the molecule is N#Cc1cc(=O)[nH]nc1-c1ccc(Cl)s1. The van der Waals surface area contributed by atoms with Crippen molar-refractivity contribution in [1.82, 2.24) is 10.2 Å². The van der Waals surface area contributed by atoms with Gasteiger partial charge in [0.05, 0.1) is 14.8 Å². The number of nitrogens with zero attached hydrogens (tertiary/aromatic N) is 2. The Morgan fingerprint density at radius 2 is 2.33 bits per heavy atom. The third kappa shape index (κ3) is 1.91. The van der Waals surface area contributed by atoms with Gasteiger partial charge in [0.1, 0.15) is 11.8 Å². The number of nitrogens with one attached hydrogen (secondary N) is 1. The molecule has 0 amide bonds. The molecule has 6 heteroatoms. The highest BCUT2D eigenvalue weighted by Crippen LogP contribution is 2.30. The van der Waals surface area contributed by atoms with Crippen LogP contribution in [0, 0.1) is 11.3 Å². The Labute approximate surface area is 93.8 Å². The van der Waals surface area contributed by atoms with Crippen molar-refractivity contribution >= 4 is 22.9 Å². The molecule has 15 heavy (non-hydrogen) atoms. The van der Waals surface area contributed by atoms with Gasteiger partial charge in [-0.05, 0) is 12.1 Å². The minimum atomic E-state index is -0.391. The molecule has 0 atom stereocenters. The smallest absolute Gasteiger partial charge is 0.265 e. The molecule has 2 aromatic rings. The van der Waals surface area contributed by atoms with Gasteiger partial charge in [0.25, 0.3) is 5.56 Å². The minimum absolute atomic E-state index is 0.247. The van der Waals surface area contributed by atoms with E-state index in [-0.39, 0.29) is 5.56 Å². The molecule has 2 heterocycles. The molecule has 0 fully saturated rings. The second kappa shape index (κ2) is 3.85. The number of rotatable bonds is 1. The number of thiophene rings is 1. The molecule has 0 aliphatic carbocycles. The molecule has 0 saturated carbocycles. The second-order valence-corrected chi connectivity index (χ2v) is 4.43. The summed E-state index contributed by atoms with van der Waals surface area (Å²) >= 11 is 7.08. The van der Waals surface area contributed by atoms with Crippen molar-refractivity contribution in [3.05, 3.63) is 38.5 Å². The number of H-pyrrole nitrogens is 1. The summed E-state index contributed by atoms with van der Waals surface area (Å²) in [7, 11) is 0. The summed E-state index contributed by atoms with van der Waals surface area (Å²) in [5, 5.41) is 15.0. The van der Waals surface area contributed by atoms with Gasteiger partial charge in [-0.3, -0.25) is 4.79 Å². The van der Waals surface area contributed by atoms with Crippen molar-refractivity contribution in [2.24, 2.45) is 0 Å². The zero-order valence-electron chi connectivity index (χ0n) is 7.32. The van der Waals surface area contributed by atoms with Crippen molar-refractivity contribution in [3.63, 3.8) is 0 Å². The third-order valence-electron chi connectivity index (χ3n) is 1.74. The van der Waals surface area contributed by atoms with Crippen LogP contribution >= 0.6 is 22.9 Å². The van der Waals surface area contributed by atoms with E-state index in [4.69, 9.17) is 16.9 Å². The number of hydrogen-bond donors (Lipinski definition) is 1. The number of hydrogen-bond acceptors (Lipinski definition) is 4. The summed E-state index contributed by atoms with van der Waals surface area (Å²) in [5.41, 5.74) is 0.309. The molecule has 4 nitrogen and oxygen atoms in total. The first-order chi connectivity index (χ1) is 7.20. The molecule has 2 rings (SSSR count). The number of halogens is 1. The number of aromatic amines is 1. The van der Waals surface area contributed by atoms with E-state index in [2.05, 4.69) is 10.2 Å². The number of nitriles is 1. The van der Waals surface area contributed by atoms with Crippen LogP contribution < -0.4 is 5.56 Å². The Bertz CT molecular complexity index is 596. The Kier molecular flexibility index (Phi) is 2.54. The average molecular weight is 238 g/mol. The molecule has 0 saturated heterocycles. The van der Waals surface area contributed by atoms with Gasteiger partial charge in [0.15, 0.2) is 0 Å². The van der Waals surface area contributed by atoms with Crippen LogP contribution in [0.15, 0.2) is 23.0 Å². The van der Waals surface area contributed by atoms with Gasteiger partial charge in [0, 0.05) is 6.07 Å². The lowest BCUT2D eigenvalue weighted by molar-refractivity contribution is 0.992. The fourth-order valence-corrected chi connectivity index (χ4v) is 2.16. The van der Waals surface area contributed by atoms with Gasteiger partial charge in [-0.2, -0.15) is 10.4 Å². The second-order valence-electron chi connectivity index (χ2n) is 2.71. The molecule has 0 spiro atoms. The summed E-state index contributed by atoms with van der Waals surface area (Å²) in [4.78, 5) is 11.7. The van der Waals surface area contributed by atoms with Gasteiger partial charge < -0.3 is 0 Å². The lowest BCUT2D eigenvalue weighted by Gasteiger charge is -1.96. The van der Waals surface area contributed by atoms with Crippen molar-refractivity contribution < 1.29 is 0 Å². The zero-order valence-corrected chi connectivity index (χ0v) is 8.89. The fourth-order valence-electron chi connectivity index (χ4n) is 1.12. The normalized spacial score (nSPS) is 9.87. The first kappa shape index (κ1) is 9.90. The predicted octanol–water partition coefficient (Wildman–Crippen LogP) is 2.02. The first-order valence-electron chi connectivity index (χ1n) is 3.96. The van der Waals surface area contributed by atoms with Crippen molar-refractivity contribution in [2.45, 2.75) is 0 Å².